The minimum absolute atomic E-state index is 0.000831. The van der Waals surface area contributed by atoms with Gasteiger partial charge in [0, 0.05) is 29.7 Å². The predicted molar refractivity (Wildman–Crippen MR) is 106 cm³/mol. The largest absolute Gasteiger partial charge is 0.465 e. The lowest BCUT2D eigenvalue weighted by Crippen LogP contribution is -2.43. The normalized spacial score (nSPS) is 10.4. The molecular formula is C19H26O9S. The summed E-state index contributed by atoms with van der Waals surface area (Å²) >= 11 is 1.37. The Kier molecular flexibility index (Phi) is 14.0. The molecule has 0 aromatic rings. The lowest BCUT2D eigenvalue weighted by Gasteiger charge is -2.31. The SMILES string of the molecule is C=CC(=O)OCC(COC(=O)C=C)(COC(=O)C=C)COC(=O)CCSCCO. The Balaban J connectivity index is 5.22. The third-order valence-electron chi connectivity index (χ3n) is 3.29. The molecule has 0 aliphatic carbocycles. The van der Waals surface area contributed by atoms with Crippen molar-refractivity contribution in [3.05, 3.63) is 38.0 Å². The highest BCUT2D eigenvalue weighted by Crippen LogP contribution is 2.22. The van der Waals surface area contributed by atoms with Gasteiger partial charge >= 0.3 is 23.9 Å². The van der Waals surface area contributed by atoms with Gasteiger partial charge in [0.15, 0.2) is 0 Å². The summed E-state index contributed by atoms with van der Waals surface area (Å²) in [6.07, 6.45) is 2.87. The van der Waals surface area contributed by atoms with Gasteiger partial charge in [-0.15, -0.1) is 0 Å². The Bertz CT molecular complexity index is 541. The predicted octanol–water partition coefficient (Wildman–Crippen LogP) is 0.819. The second-order valence-corrected chi connectivity index (χ2v) is 6.91. The molecular weight excluding hydrogens is 404 g/mol. The quantitative estimate of drug-likeness (QED) is 0.163. The first kappa shape index (κ1) is 26.4. The van der Waals surface area contributed by atoms with Crippen LogP contribution in [0.5, 0.6) is 0 Å². The van der Waals surface area contributed by atoms with Gasteiger partial charge in [-0.3, -0.25) is 4.79 Å². The van der Waals surface area contributed by atoms with E-state index in [-0.39, 0.29) is 39.5 Å². The van der Waals surface area contributed by atoms with Crippen molar-refractivity contribution < 1.29 is 43.2 Å². The molecule has 0 aliphatic rings. The van der Waals surface area contributed by atoms with E-state index in [9.17, 15) is 19.2 Å². The number of esters is 4. The van der Waals surface area contributed by atoms with Crippen molar-refractivity contribution in [1.82, 2.24) is 0 Å². The Morgan fingerprint density at radius 2 is 1.17 bits per heavy atom. The van der Waals surface area contributed by atoms with Gasteiger partial charge in [-0.25, -0.2) is 14.4 Å². The monoisotopic (exact) mass is 430 g/mol. The maximum atomic E-state index is 12.0. The van der Waals surface area contributed by atoms with Crippen molar-refractivity contribution in [2.45, 2.75) is 6.42 Å². The molecule has 10 heteroatoms. The van der Waals surface area contributed by atoms with E-state index in [0.717, 1.165) is 18.2 Å². The highest BCUT2D eigenvalue weighted by Gasteiger charge is 2.37. The van der Waals surface area contributed by atoms with Gasteiger partial charge in [-0.05, 0) is 0 Å². The Morgan fingerprint density at radius 3 is 1.55 bits per heavy atom. The van der Waals surface area contributed by atoms with Crippen LogP contribution in [0, 0.1) is 5.41 Å². The third kappa shape index (κ3) is 12.5. The number of hydrogen-bond donors (Lipinski definition) is 1. The number of hydrogen-bond acceptors (Lipinski definition) is 10. The summed E-state index contributed by atoms with van der Waals surface area (Å²) in [6.45, 7) is 8.37. The topological polar surface area (TPSA) is 125 Å². The molecule has 0 saturated carbocycles. The number of aliphatic hydroxyl groups is 1. The molecule has 0 fully saturated rings. The Labute approximate surface area is 173 Å². The van der Waals surface area contributed by atoms with Gasteiger partial charge in [-0.1, -0.05) is 19.7 Å². The standard InChI is InChI=1S/C19H26O9S/c1-4-15(21)25-11-19(12-26-16(22)5-2,13-27-17(23)6-3)14-28-18(24)7-9-29-10-8-20/h4-6,20H,1-3,7-14H2. The molecule has 0 rings (SSSR count). The van der Waals surface area contributed by atoms with Gasteiger partial charge in [0.2, 0.25) is 0 Å². The van der Waals surface area contributed by atoms with Gasteiger partial charge < -0.3 is 24.1 Å². The third-order valence-corrected chi connectivity index (χ3v) is 4.25. The molecule has 0 aliphatic heterocycles. The zero-order valence-corrected chi connectivity index (χ0v) is 16.9. The van der Waals surface area contributed by atoms with E-state index in [2.05, 4.69) is 19.7 Å². The zero-order chi connectivity index (χ0) is 22.1. The molecule has 29 heavy (non-hydrogen) atoms. The smallest absolute Gasteiger partial charge is 0.330 e. The second-order valence-electron chi connectivity index (χ2n) is 5.68. The van der Waals surface area contributed by atoms with Crippen LogP contribution in [0.15, 0.2) is 38.0 Å². The molecule has 0 spiro atoms. The molecule has 0 bridgehead atoms. The molecule has 0 unspecified atom stereocenters. The summed E-state index contributed by atoms with van der Waals surface area (Å²) in [7, 11) is 0. The number of rotatable bonds is 16. The van der Waals surface area contributed by atoms with Crippen LogP contribution in [0.4, 0.5) is 0 Å². The van der Waals surface area contributed by atoms with Crippen LogP contribution in [0.3, 0.4) is 0 Å². The summed E-state index contributed by atoms with van der Waals surface area (Å²) in [4.78, 5) is 46.4. The summed E-state index contributed by atoms with van der Waals surface area (Å²) in [6, 6.07) is 0. The fourth-order valence-electron chi connectivity index (χ4n) is 1.73. The number of aliphatic hydroxyl groups excluding tert-OH is 1. The molecule has 0 saturated heterocycles. The van der Waals surface area contributed by atoms with Crippen LogP contribution in [0.1, 0.15) is 6.42 Å². The molecule has 0 aromatic carbocycles. The van der Waals surface area contributed by atoms with Gasteiger partial charge in [0.1, 0.15) is 31.8 Å². The van der Waals surface area contributed by atoms with E-state index in [4.69, 9.17) is 24.1 Å². The molecule has 0 atom stereocenters. The molecule has 0 radical (unpaired) electrons. The van der Waals surface area contributed by atoms with Crippen LogP contribution in [0.25, 0.3) is 0 Å². The first-order valence-electron chi connectivity index (χ1n) is 8.54. The van der Waals surface area contributed by atoms with Crippen molar-refractivity contribution in [2.24, 2.45) is 5.41 Å². The fourth-order valence-corrected chi connectivity index (χ4v) is 2.37. The fraction of sp³-hybridized carbons (Fsp3) is 0.474. The maximum absolute atomic E-state index is 12.0. The number of carbonyl (C=O) groups is 4. The second kappa shape index (κ2) is 15.3. The van der Waals surface area contributed by atoms with Crippen LogP contribution >= 0.6 is 11.8 Å². The van der Waals surface area contributed by atoms with Crippen LogP contribution in [-0.2, 0) is 38.1 Å². The van der Waals surface area contributed by atoms with E-state index in [0.29, 0.717) is 11.5 Å². The molecule has 0 amide bonds. The van der Waals surface area contributed by atoms with Crippen molar-refractivity contribution in [1.29, 1.82) is 0 Å². The van der Waals surface area contributed by atoms with E-state index < -0.39 is 29.3 Å². The van der Waals surface area contributed by atoms with Crippen LogP contribution in [0.2, 0.25) is 0 Å². The average molecular weight is 430 g/mol. The van der Waals surface area contributed by atoms with E-state index in [1.807, 2.05) is 0 Å². The number of thioether (sulfide) groups is 1. The van der Waals surface area contributed by atoms with Crippen molar-refractivity contribution in [3.8, 4) is 0 Å². The van der Waals surface area contributed by atoms with Gasteiger partial charge in [0.05, 0.1) is 13.0 Å². The first-order valence-corrected chi connectivity index (χ1v) is 9.69. The average Bonchev–Trinajstić information content (AvgIpc) is 2.74. The minimum Gasteiger partial charge on any atom is -0.465 e. The zero-order valence-electron chi connectivity index (χ0n) is 16.1. The van der Waals surface area contributed by atoms with Gasteiger partial charge in [-0.2, -0.15) is 11.8 Å². The first-order chi connectivity index (χ1) is 13.8. The molecule has 1 N–H and O–H groups in total. The number of ether oxygens (including phenoxy) is 4. The minimum atomic E-state index is -1.34. The Morgan fingerprint density at radius 1 is 0.759 bits per heavy atom. The summed E-state index contributed by atoms with van der Waals surface area (Å²) in [5.74, 6) is -1.90. The highest BCUT2D eigenvalue weighted by molar-refractivity contribution is 7.99. The van der Waals surface area contributed by atoms with E-state index >= 15 is 0 Å². The van der Waals surface area contributed by atoms with Crippen LogP contribution in [-0.4, -0.2) is 73.5 Å². The summed E-state index contributed by atoms with van der Waals surface area (Å²) < 4.78 is 20.3. The van der Waals surface area contributed by atoms with Crippen LogP contribution < -0.4 is 0 Å². The van der Waals surface area contributed by atoms with Gasteiger partial charge in [0.25, 0.3) is 0 Å². The molecule has 162 valence electrons. The molecule has 0 heterocycles. The summed E-state index contributed by atoms with van der Waals surface area (Å²) in [5, 5.41) is 8.73. The van der Waals surface area contributed by atoms with E-state index in [1.54, 1.807) is 0 Å². The maximum Gasteiger partial charge on any atom is 0.330 e. The highest BCUT2D eigenvalue weighted by atomic mass is 32.2. The lowest BCUT2D eigenvalue weighted by atomic mass is 9.92. The van der Waals surface area contributed by atoms with E-state index in [1.165, 1.54) is 11.8 Å². The number of carbonyl (C=O) groups excluding carboxylic acids is 4. The summed E-state index contributed by atoms with van der Waals surface area (Å²) in [5.41, 5.74) is -1.34. The lowest BCUT2D eigenvalue weighted by molar-refractivity contribution is -0.165. The van der Waals surface area contributed by atoms with Crippen molar-refractivity contribution in [3.63, 3.8) is 0 Å². The molecule has 9 nitrogen and oxygen atoms in total. The van der Waals surface area contributed by atoms with Crippen molar-refractivity contribution >= 4 is 35.6 Å². The molecule has 0 aromatic heterocycles. The Hall–Kier alpha value is -2.59. The van der Waals surface area contributed by atoms with Crippen molar-refractivity contribution in [2.75, 3.05) is 44.5 Å².